The molecular weight excluding hydrogens is 450 g/mol. The Morgan fingerprint density at radius 3 is 2.76 bits per heavy atom. The monoisotopic (exact) mass is 467 g/mol. The quantitative estimate of drug-likeness (QED) is 0.395. The maximum absolute atomic E-state index is 13.8. The molecule has 166 valence electrons. The minimum Gasteiger partial charge on any atom is -0.368 e. The smallest absolute Gasteiger partial charge is 0.264 e. The van der Waals surface area contributed by atoms with E-state index in [1.54, 1.807) is 22.9 Å². The van der Waals surface area contributed by atoms with Gasteiger partial charge in [0.1, 0.15) is 17.5 Å². The first kappa shape index (κ1) is 21.4. The fourth-order valence-electron chi connectivity index (χ4n) is 3.98. The Morgan fingerprint density at radius 2 is 1.94 bits per heavy atom. The Bertz CT molecular complexity index is 1670. The summed E-state index contributed by atoms with van der Waals surface area (Å²) in [6.07, 6.45) is 3.07. The summed E-state index contributed by atoms with van der Waals surface area (Å²) in [6.45, 7) is 1.88. The highest BCUT2D eigenvalue weighted by atomic mass is 35.5. The van der Waals surface area contributed by atoms with Gasteiger partial charge in [-0.05, 0) is 42.6 Å². The molecule has 34 heavy (non-hydrogen) atoms. The zero-order valence-electron chi connectivity index (χ0n) is 18.0. The van der Waals surface area contributed by atoms with Crippen LogP contribution in [-0.2, 0) is 0 Å². The van der Waals surface area contributed by atoms with Gasteiger partial charge in [-0.2, -0.15) is 10.2 Å². The Kier molecular flexibility index (Phi) is 5.32. The minimum atomic E-state index is -0.433. The second-order valence-corrected chi connectivity index (χ2v) is 8.17. The van der Waals surface area contributed by atoms with E-state index >= 15 is 0 Å². The molecule has 0 saturated heterocycles. The minimum absolute atomic E-state index is 0.0389. The highest BCUT2D eigenvalue weighted by molar-refractivity contribution is 6.35. The van der Waals surface area contributed by atoms with Gasteiger partial charge >= 0.3 is 0 Å². The van der Waals surface area contributed by atoms with E-state index in [1.807, 2.05) is 49.4 Å². The number of nitrogens with one attached hydrogen (secondary N) is 1. The summed E-state index contributed by atoms with van der Waals surface area (Å²) in [7, 11) is 0. The van der Waals surface area contributed by atoms with Crippen LogP contribution in [0.1, 0.15) is 24.2 Å². The van der Waals surface area contributed by atoms with Crippen molar-refractivity contribution in [3.63, 3.8) is 0 Å². The number of nitriles is 1. The largest absolute Gasteiger partial charge is 0.368 e. The molecule has 3 aromatic heterocycles. The summed E-state index contributed by atoms with van der Waals surface area (Å²) in [4.78, 5) is 26.2. The average molecular weight is 468 g/mol. The molecule has 3 heterocycles. The van der Waals surface area contributed by atoms with Crippen molar-refractivity contribution < 1.29 is 0 Å². The van der Waals surface area contributed by atoms with E-state index < -0.39 is 6.04 Å². The highest BCUT2D eigenvalue weighted by Crippen LogP contribution is 2.28. The summed E-state index contributed by atoms with van der Waals surface area (Å²) in [5, 5.41) is 15.1. The second-order valence-electron chi connectivity index (χ2n) is 7.76. The molecule has 0 unspecified atom stereocenters. The van der Waals surface area contributed by atoms with Crippen molar-refractivity contribution in [2.45, 2.75) is 13.0 Å². The van der Waals surface area contributed by atoms with Gasteiger partial charge in [-0.1, -0.05) is 35.9 Å². The molecular formula is C25H18ClN7O. The third-order valence-corrected chi connectivity index (χ3v) is 5.91. The summed E-state index contributed by atoms with van der Waals surface area (Å²) >= 11 is 6.43. The van der Waals surface area contributed by atoms with E-state index in [-0.39, 0.29) is 22.9 Å². The van der Waals surface area contributed by atoms with Crippen molar-refractivity contribution in [2.75, 3.05) is 11.1 Å². The molecule has 0 bridgehead atoms. The van der Waals surface area contributed by atoms with Gasteiger partial charge in [0.05, 0.1) is 33.9 Å². The van der Waals surface area contributed by atoms with Crippen LogP contribution in [0.15, 0.2) is 71.8 Å². The normalized spacial score (nSPS) is 11.9. The number of anilines is 2. The van der Waals surface area contributed by atoms with Crippen molar-refractivity contribution in [3.05, 3.63) is 93.6 Å². The summed E-state index contributed by atoms with van der Waals surface area (Å²) in [5.41, 5.74) is 7.77. The average Bonchev–Trinajstić information content (AvgIpc) is 2.83. The molecule has 5 aromatic rings. The molecule has 0 aliphatic rings. The lowest BCUT2D eigenvalue weighted by atomic mass is 10.1. The van der Waals surface area contributed by atoms with Crippen LogP contribution < -0.4 is 16.6 Å². The van der Waals surface area contributed by atoms with Gasteiger partial charge in [-0.3, -0.25) is 14.3 Å². The van der Waals surface area contributed by atoms with E-state index in [1.165, 1.54) is 6.20 Å². The lowest BCUT2D eigenvalue weighted by Gasteiger charge is -2.22. The zero-order chi connectivity index (χ0) is 23.8. The molecule has 0 saturated carbocycles. The van der Waals surface area contributed by atoms with Crippen LogP contribution in [-0.4, -0.2) is 19.5 Å². The molecule has 0 radical (unpaired) electrons. The van der Waals surface area contributed by atoms with E-state index in [0.29, 0.717) is 27.2 Å². The number of pyridine rings is 2. The molecule has 0 aliphatic heterocycles. The van der Waals surface area contributed by atoms with E-state index in [2.05, 4.69) is 26.3 Å². The first-order chi connectivity index (χ1) is 16.5. The predicted octanol–water partition coefficient (Wildman–Crippen LogP) is 4.61. The maximum atomic E-state index is 13.8. The number of fused-ring (bicyclic) bond motifs is 2. The van der Waals surface area contributed by atoms with Crippen molar-refractivity contribution in [3.8, 4) is 11.8 Å². The number of benzene rings is 2. The number of nitrogens with zero attached hydrogens (tertiary/aromatic N) is 5. The Labute approximate surface area is 199 Å². The number of nitrogens with two attached hydrogens (primary N) is 1. The van der Waals surface area contributed by atoms with Gasteiger partial charge in [0, 0.05) is 17.3 Å². The molecule has 0 aliphatic carbocycles. The number of hydrogen-bond donors (Lipinski definition) is 2. The van der Waals surface area contributed by atoms with Gasteiger partial charge in [-0.25, -0.2) is 4.98 Å². The van der Waals surface area contributed by atoms with E-state index in [9.17, 15) is 10.1 Å². The molecule has 0 amide bonds. The summed E-state index contributed by atoms with van der Waals surface area (Å²) < 4.78 is 1.61. The SMILES string of the molecule is C[C@H](Nc1nc(N)ncc1C#N)c1cc2cccc(Cl)c2c(=O)n1-c1ccc2cccnc2c1. The number of hydrogen-bond acceptors (Lipinski definition) is 7. The van der Waals surface area contributed by atoms with Gasteiger partial charge in [-0.15, -0.1) is 0 Å². The van der Waals surface area contributed by atoms with Crippen molar-refractivity contribution in [1.29, 1.82) is 5.26 Å². The first-order valence-corrected chi connectivity index (χ1v) is 10.8. The van der Waals surface area contributed by atoms with E-state index in [0.717, 1.165) is 10.9 Å². The van der Waals surface area contributed by atoms with Gasteiger partial charge < -0.3 is 11.1 Å². The molecule has 1 atom stereocenters. The third-order valence-electron chi connectivity index (χ3n) is 5.60. The lowest BCUT2D eigenvalue weighted by Crippen LogP contribution is -2.26. The molecule has 2 aromatic carbocycles. The zero-order valence-corrected chi connectivity index (χ0v) is 18.8. The van der Waals surface area contributed by atoms with Crippen LogP contribution in [0, 0.1) is 11.3 Å². The maximum Gasteiger partial charge on any atom is 0.264 e. The number of nitrogen functional groups attached to an aromatic ring is 1. The molecule has 9 heteroatoms. The van der Waals surface area contributed by atoms with Crippen molar-refractivity contribution in [1.82, 2.24) is 19.5 Å². The Morgan fingerprint density at radius 1 is 1.12 bits per heavy atom. The standard InChI is InChI=1S/C25H18ClN7O/c1-14(31-23-17(12-27)13-30-25(28)32-23)21-10-16-4-2-6-19(26)22(16)24(34)33(21)18-8-7-15-5-3-9-29-20(15)11-18/h2-11,13-14H,1H3,(H3,28,30,31,32)/t14-/m0/s1. The third kappa shape index (κ3) is 3.68. The van der Waals surface area contributed by atoms with Crippen LogP contribution in [0.5, 0.6) is 0 Å². The lowest BCUT2D eigenvalue weighted by molar-refractivity contribution is 0.773. The van der Waals surface area contributed by atoms with Crippen LogP contribution >= 0.6 is 11.6 Å². The molecule has 5 rings (SSSR count). The number of halogens is 1. The van der Waals surface area contributed by atoms with Crippen LogP contribution in [0.25, 0.3) is 27.4 Å². The Balaban J connectivity index is 1.74. The molecule has 0 fully saturated rings. The summed E-state index contributed by atoms with van der Waals surface area (Å²) in [5.74, 6) is 0.324. The summed E-state index contributed by atoms with van der Waals surface area (Å²) in [6, 6.07) is 18.3. The molecule has 8 nitrogen and oxygen atoms in total. The second kappa shape index (κ2) is 8.46. The highest BCUT2D eigenvalue weighted by Gasteiger charge is 2.19. The fourth-order valence-corrected chi connectivity index (χ4v) is 4.25. The van der Waals surface area contributed by atoms with Crippen molar-refractivity contribution in [2.24, 2.45) is 0 Å². The van der Waals surface area contributed by atoms with Crippen LogP contribution in [0.3, 0.4) is 0 Å². The molecule has 0 spiro atoms. The van der Waals surface area contributed by atoms with Gasteiger partial charge in [0.25, 0.3) is 5.56 Å². The van der Waals surface area contributed by atoms with Crippen LogP contribution in [0.2, 0.25) is 5.02 Å². The number of aromatic nitrogens is 4. The fraction of sp³-hybridized carbons (Fsp3) is 0.0800. The first-order valence-electron chi connectivity index (χ1n) is 10.4. The topological polar surface area (TPSA) is 123 Å². The predicted molar refractivity (Wildman–Crippen MR) is 133 cm³/mol. The van der Waals surface area contributed by atoms with Crippen LogP contribution in [0.4, 0.5) is 11.8 Å². The molecule has 3 N–H and O–H groups in total. The number of rotatable bonds is 4. The Hall–Kier alpha value is -4.48. The van der Waals surface area contributed by atoms with Gasteiger partial charge in [0.2, 0.25) is 5.95 Å². The van der Waals surface area contributed by atoms with Gasteiger partial charge in [0.15, 0.2) is 0 Å². The van der Waals surface area contributed by atoms with E-state index in [4.69, 9.17) is 17.3 Å². The van der Waals surface area contributed by atoms with Crippen molar-refractivity contribution >= 4 is 45.0 Å².